The monoisotopic (exact) mass is 518 g/mol. The van der Waals surface area contributed by atoms with Crippen LogP contribution in [-0.2, 0) is 4.79 Å². The van der Waals surface area contributed by atoms with E-state index in [9.17, 15) is 9.18 Å². The summed E-state index contributed by atoms with van der Waals surface area (Å²) >= 11 is 2.25. The highest BCUT2D eigenvalue weighted by molar-refractivity contribution is 14.1. The molecule has 0 saturated carbocycles. The second kappa shape index (κ2) is 10.2. The second-order valence-electron chi connectivity index (χ2n) is 6.55. The van der Waals surface area contributed by atoms with Crippen LogP contribution in [0.15, 0.2) is 72.8 Å². The molecule has 3 rings (SSSR count). The molecule has 0 aromatic heterocycles. The van der Waals surface area contributed by atoms with Crippen LogP contribution in [0.4, 0.5) is 4.39 Å². The molecule has 3 aromatic rings. The molecule has 3 aromatic carbocycles. The van der Waals surface area contributed by atoms with Crippen molar-refractivity contribution in [1.29, 1.82) is 0 Å². The van der Waals surface area contributed by atoms with Crippen molar-refractivity contribution in [2.45, 2.75) is 6.92 Å². The molecule has 0 bridgehead atoms. The molecular formula is C24H20FIO4. The molecule has 0 fully saturated rings. The van der Waals surface area contributed by atoms with Crippen LogP contribution in [0.2, 0.25) is 0 Å². The molecule has 154 valence electrons. The first kappa shape index (κ1) is 21.8. The molecule has 0 amide bonds. The zero-order valence-corrected chi connectivity index (χ0v) is 18.4. The third kappa shape index (κ3) is 6.06. The summed E-state index contributed by atoms with van der Waals surface area (Å²) in [6, 6.07) is 19.7. The third-order valence-electron chi connectivity index (χ3n) is 4.35. The van der Waals surface area contributed by atoms with E-state index >= 15 is 0 Å². The van der Waals surface area contributed by atoms with Crippen molar-refractivity contribution in [3.8, 4) is 11.5 Å². The Kier molecular flexibility index (Phi) is 7.46. The van der Waals surface area contributed by atoms with Gasteiger partial charge in [0.1, 0.15) is 23.9 Å². The Morgan fingerprint density at radius 1 is 1.00 bits per heavy atom. The summed E-state index contributed by atoms with van der Waals surface area (Å²) in [6.45, 7) is 1.75. The number of carbonyl (C=O) groups is 1. The van der Waals surface area contributed by atoms with E-state index < -0.39 is 5.97 Å². The number of aryl methyl sites for hydroxylation is 1. The van der Waals surface area contributed by atoms with Crippen molar-refractivity contribution in [3.63, 3.8) is 0 Å². The SMILES string of the molecule is Cc1cc(OCC=C(c2ccc(F)cc2)c2ccc(I)cc2)ccc1OCC(=O)O. The van der Waals surface area contributed by atoms with E-state index in [0.29, 0.717) is 18.1 Å². The lowest BCUT2D eigenvalue weighted by molar-refractivity contribution is -0.139. The standard InChI is InChI=1S/C24H20FIO4/c1-16-14-21(10-11-23(16)30-15-24(27)28)29-13-12-22(17-2-6-19(25)7-3-17)18-4-8-20(26)9-5-18/h2-12,14H,13,15H2,1H3,(H,27,28). The van der Waals surface area contributed by atoms with Crippen LogP contribution in [0.5, 0.6) is 11.5 Å². The van der Waals surface area contributed by atoms with Crippen molar-refractivity contribution in [2.75, 3.05) is 13.2 Å². The number of benzene rings is 3. The highest BCUT2D eigenvalue weighted by Gasteiger charge is 2.07. The number of rotatable bonds is 8. The molecule has 6 heteroatoms. The Bertz CT molecular complexity index is 996. The lowest BCUT2D eigenvalue weighted by Crippen LogP contribution is -2.10. The number of halogens is 2. The van der Waals surface area contributed by atoms with Crippen LogP contribution in [0.1, 0.15) is 16.7 Å². The second-order valence-corrected chi connectivity index (χ2v) is 7.80. The summed E-state index contributed by atoms with van der Waals surface area (Å²) in [6.07, 6.45) is 1.96. The molecule has 0 spiro atoms. The largest absolute Gasteiger partial charge is 0.489 e. The van der Waals surface area contributed by atoms with Gasteiger partial charge in [0, 0.05) is 3.57 Å². The Hall–Kier alpha value is -2.87. The minimum absolute atomic E-state index is 0.280. The van der Waals surface area contributed by atoms with E-state index in [1.165, 1.54) is 12.1 Å². The van der Waals surface area contributed by atoms with Gasteiger partial charge in [-0.3, -0.25) is 0 Å². The first-order valence-electron chi connectivity index (χ1n) is 9.22. The Labute approximate surface area is 188 Å². The molecule has 0 saturated heterocycles. The lowest BCUT2D eigenvalue weighted by Gasteiger charge is -2.12. The zero-order valence-electron chi connectivity index (χ0n) is 16.3. The lowest BCUT2D eigenvalue weighted by atomic mass is 9.98. The molecular weight excluding hydrogens is 498 g/mol. The normalized spacial score (nSPS) is 11.2. The van der Waals surface area contributed by atoms with Crippen LogP contribution >= 0.6 is 22.6 Å². The van der Waals surface area contributed by atoms with Gasteiger partial charge in [-0.15, -0.1) is 0 Å². The van der Waals surface area contributed by atoms with Crippen LogP contribution in [-0.4, -0.2) is 24.3 Å². The van der Waals surface area contributed by atoms with Crippen molar-refractivity contribution in [1.82, 2.24) is 0 Å². The summed E-state index contributed by atoms with van der Waals surface area (Å²) in [4.78, 5) is 10.6. The number of aliphatic carboxylic acids is 1. The van der Waals surface area contributed by atoms with Gasteiger partial charge in [-0.25, -0.2) is 9.18 Å². The van der Waals surface area contributed by atoms with Gasteiger partial charge in [-0.1, -0.05) is 24.3 Å². The summed E-state index contributed by atoms with van der Waals surface area (Å²) in [5.41, 5.74) is 3.65. The average Bonchev–Trinajstić information content (AvgIpc) is 2.72. The minimum atomic E-state index is -1.02. The van der Waals surface area contributed by atoms with Crippen LogP contribution in [0.25, 0.3) is 5.57 Å². The van der Waals surface area contributed by atoms with Gasteiger partial charge in [-0.2, -0.15) is 0 Å². The van der Waals surface area contributed by atoms with Crippen LogP contribution in [0.3, 0.4) is 0 Å². The van der Waals surface area contributed by atoms with Crippen molar-refractivity contribution < 1.29 is 23.8 Å². The van der Waals surface area contributed by atoms with E-state index in [1.54, 1.807) is 30.3 Å². The van der Waals surface area contributed by atoms with E-state index in [-0.39, 0.29) is 12.4 Å². The number of hydrogen-bond donors (Lipinski definition) is 1. The molecule has 0 aliphatic rings. The summed E-state index contributed by atoms with van der Waals surface area (Å²) in [5.74, 6) is -0.153. The minimum Gasteiger partial charge on any atom is -0.489 e. The molecule has 0 radical (unpaired) electrons. The fraction of sp³-hybridized carbons (Fsp3) is 0.125. The summed E-state index contributed by atoms with van der Waals surface area (Å²) in [5, 5.41) is 8.73. The molecule has 0 unspecified atom stereocenters. The summed E-state index contributed by atoms with van der Waals surface area (Å²) in [7, 11) is 0. The quantitative estimate of drug-likeness (QED) is 0.388. The first-order chi connectivity index (χ1) is 14.4. The van der Waals surface area contributed by atoms with Gasteiger partial charge < -0.3 is 14.6 Å². The smallest absolute Gasteiger partial charge is 0.341 e. The van der Waals surface area contributed by atoms with Gasteiger partial charge in [0.15, 0.2) is 6.61 Å². The molecule has 0 aliphatic heterocycles. The Morgan fingerprint density at radius 2 is 1.63 bits per heavy atom. The third-order valence-corrected chi connectivity index (χ3v) is 5.06. The topological polar surface area (TPSA) is 55.8 Å². The molecule has 0 atom stereocenters. The predicted molar refractivity (Wildman–Crippen MR) is 122 cm³/mol. The highest BCUT2D eigenvalue weighted by atomic mass is 127. The maximum absolute atomic E-state index is 13.4. The maximum Gasteiger partial charge on any atom is 0.341 e. The number of carboxylic acid groups (broad SMARTS) is 1. The van der Waals surface area contributed by atoms with Gasteiger partial charge in [0.25, 0.3) is 0 Å². The number of ether oxygens (including phenoxy) is 2. The Balaban J connectivity index is 1.77. The van der Waals surface area contributed by atoms with Crippen molar-refractivity contribution in [3.05, 3.63) is 98.9 Å². The van der Waals surface area contributed by atoms with Gasteiger partial charge >= 0.3 is 5.97 Å². The molecule has 4 nitrogen and oxygen atoms in total. The van der Waals surface area contributed by atoms with E-state index in [0.717, 1.165) is 25.8 Å². The van der Waals surface area contributed by atoms with Gasteiger partial charge in [0.2, 0.25) is 0 Å². The highest BCUT2D eigenvalue weighted by Crippen LogP contribution is 2.26. The average molecular weight is 518 g/mol. The number of carboxylic acids is 1. The fourth-order valence-corrected chi connectivity index (χ4v) is 3.26. The zero-order chi connectivity index (χ0) is 21.5. The maximum atomic E-state index is 13.4. The molecule has 30 heavy (non-hydrogen) atoms. The van der Waals surface area contributed by atoms with Crippen LogP contribution in [0, 0.1) is 16.3 Å². The first-order valence-corrected chi connectivity index (χ1v) is 10.3. The van der Waals surface area contributed by atoms with Crippen molar-refractivity contribution in [2.24, 2.45) is 0 Å². The molecule has 1 N–H and O–H groups in total. The Morgan fingerprint density at radius 3 is 2.23 bits per heavy atom. The van der Waals surface area contributed by atoms with Gasteiger partial charge in [-0.05, 0) is 100 Å². The predicted octanol–water partition coefficient (Wildman–Crippen LogP) is 5.71. The van der Waals surface area contributed by atoms with E-state index in [2.05, 4.69) is 22.6 Å². The van der Waals surface area contributed by atoms with E-state index in [4.69, 9.17) is 14.6 Å². The van der Waals surface area contributed by atoms with Gasteiger partial charge in [0.05, 0.1) is 0 Å². The number of hydrogen-bond acceptors (Lipinski definition) is 3. The molecule has 0 heterocycles. The molecule has 0 aliphatic carbocycles. The fourth-order valence-electron chi connectivity index (χ4n) is 2.90. The van der Waals surface area contributed by atoms with Crippen LogP contribution < -0.4 is 9.47 Å². The van der Waals surface area contributed by atoms with E-state index in [1.807, 2.05) is 37.3 Å². The van der Waals surface area contributed by atoms with Crippen molar-refractivity contribution >= 4 is 34.1 Å². The summed E-state index contributed by atoms with van der Waals surface area (Å²) < 4.78 is 25.6.